The minimum Gasteiger partial charge on any atom is -0.491 e. The van der Waals surface area contributed by atoms with Gasteiger partial charge in [0.05, 0.1) is 0 Å². The van der Waals surface area contributed by atoms with Crippen molar-refractivity contribution in [1.29, 1.82) is 0 Å². The molecule has 0 saturated heterocycles. The molecule has 0 saturated carbocycles. The van der Waals surface area contributed by atoms with Gasteiger partial charge in [-0.25, -0.2) is 4.57 Å². The van der Waals surface area contributed by atoms with E-state index in [4.69, 9.17) is 4.74 Å². The summed E-state index contributed by atoms with van der Waals surface area (Å²) >= 11 is 0. The first kappa shape index (κ1) is 13.2. The Morgan fingerprint density at radius 3 is 2.47 bits per heavy atom. The van der Waals surface area contributed by atoms with Crippen molar-refractivity contribution < 1.29 is 19.2 Å². The summed E-state index contributed by atoms with van der Waals surface area (Å²) < 4.78 is 7.35. The molecule has 1 atom stereocenters. The van der Waals surface area contributed by atoms with Crippen LogP contribution in [0.15, 0.2) is 54.9 Å². The maximum Gasteiger partial charge on any atom is 0.177 e. The smallest absolute Gasteiger partial charge is 0.177 e. The fraction of sp³-hybridized carbons (Fsp3) is 0.200. The summed E-state index contributed by atoms with van der Waals surface area (Å²) in [5.41, 5.74) is 0.604. The zero-order valence-corrected chi connectivity index (χ0v) is 10.5. The Morgan fingerprint density at radius 1 is 1.16 bits per heavy atom. The van der Waals surface area contributed by atoms with E-state index >= 15 is 0 Å². The zero-order chi connectivity index (χ0) is 13.5. The third-order valence-corrected chi connectivity index (χ3v) is 2.66. The highest BCUT2D eigenvalue weighted by Crippen LogP contribution is 2.11. The van der Waals surface area contributed by atoms with Crippen molar-refractivity contribution in [2.45, 2.75) is 12.6 Å². The maximum atomic E-state index is 10.5. The molecule has 0 aliphatic rings. The Labute approximate surface area is 111 Å². The fourth-order valence-electron chi connectivity index (χ4n) is 1.69. The van der Waals surface area contributed by atoms with Crippen LogP contribution in [0.25, 0.3) is 0 Å². The first-order valence-electron chi connectivity index (χ1n) is 6.08. The molecule has 0 spiro atoms. The minimum atomic E-state index is -0.585. The molecule has 0 unspecified atom stereocenters. The summed E-state index contributed by atoms with van der Waals surface area (Å²) in [5, 5.41) is 9.86. The fourth-order valence-corrected chi connectivity index (χ4v) is 1.69. The molecular weight excluding hydrogens is 242 g/mol. The Balaban J connectivity index is 1.82. The maximum absolute atomic E-state index is 10.5. The van der Waals surface area contributed by atoms with Crippen LogP contribution in [0.1, 0.15) is 10.4 Å². The molecule has 98 valence electrons. The summed E-state index contributed by atoms with van der Waals surface area (Å²) in [6.45, 7) is 0.690. The SMILES string of the molecule is O=Cc1ccc(OC[C@@H](O)C[n+]2ccccc2)cc1. The molecule has 4 heteroatoms. The molecule has 1 N–H and O–H groups in total. The van der Waals surface area contributed by atoms with Crippen LogP contribution in [0.5, 0.6) is 5.75 Å². The number of pyridine rings is 1. The lowest BCUT2D eigenvalue weighted by molar-refractivity contribution is -0.703. The molecule has 0 radical (unpaired) electrons. The van der Waals surface area contributed by atoms with Crippen LogP contribution in [0, 0.1) is 0 Å². The van der Waals surface area contributed by atoms with E-state index in [1.54, 1.807) is 24.3 Å². The average Bonchev–Trinajstić information content (AvgIpc) is 2.47. The van der Waals surface area contributed by atoms with Crippen molar-refractivity contribution in [2.75, 3.05) is 6.61 Å². The van der Waals surface area contributed by atoms with E-state index in [9.17, 15) is 9.90 Å². The second-order valence-electron chi connectivity index (χ2n) is 4.22. The van der Waals surface area contributed by atoms with Crippen LogP contribution in [0.2, 0.25) is 0 Å². The molecule has 0 aliphatic carbocycles. The average molecular weight is 258 g/mol. The minimum absolute atomic E-state index is 0.211. The van der Waals surface area contributed by atoms with E-state index in [0.717, 1.165) is 6.29 Å². The van der Waals surface area contributed by atoms with Gasteiger partial charge < -0.3 is 9.84 Å². The molecular formula is C15H16NO3+. The second-order valence-corrected chi connectivity index (χ2v) is 4.22. The molecule has 0 fully saturated rings. The van der Waals surface area contributed by atoms with Crippen LogP contribution >= 0.6 is 0 Å². The number of benzene rings is 1. The van der Waals surface area contributed by atoms with Crippen molar-refractivity contribution in [3.8, 4) is 5.75 Å². The van der Waals surface area contributed by atoms with Crippen molar-refractivity contribution in [3.63, 3.8) is 0 Å². The third kappa shape index (κ3) is 4.19. The molecule has 1 aromatic carbocycles. The number of aromatic nitrogens is 1. The van der Waals surface area contributed by atoms with Gasteiger partial charge in [0.2, 0.25) is 0 Å². The summed E-state index contributed by atoms with van der Waals surface area (Å²) in [6.07, 6.45) is 3.98. The van der Waals surface area contributed by atoms with E-state index in [-0.39, 0.29) is 6.61 Å². The van der Waals surface area contributed by atoms with Gasteiger partial charge in [0.15, 0.2) is 18.9 Å². The molecule has 1 heterocycles. The Bertz CT molecular complexity index is 511. The summed E-state index contributed by atoms with van der Waals surface area (Å²) in [4.78, 5) is 10.5. The van der Waals surface area contributed by atoms with Gasteiger partial charge in [-0.15, -0.1) is 0 Å². The Kier molecular flexibility index (Phi) is 4.64. The number of hydrogen-bond donors (Lipinski definition) is 1. The predicted molar refractivity (Wildman–Crippen MR) is 70.0 cm³/mol. The van der Waals surface area contributed by atoms with Crippen LogP contribution < -0.4 is 9.30 Å². The molecule has 2 rings (SSSR count). The van der Waals surface area contributed by atoms with Gasteiger partial charge in [0.1, 0.15) is 24.7 Å². The first-order valence-corrected chi connectivity index (χ1v) is 6.08. The van der Waals surface area contributed by atoms with Crippen LogP contribution in [-0.2, 0) is 6.54 Å². The highest BCUT2D eigenvalue weighted by atomic mass is 16.5. The number of aliphatic hydroxyl groups excluding tert-OH is 1. The van der Waals surface area contributed by atoms with E-state index in [2.05, 4.69) is 0 Å². The Hall–Kier alpha value is -2.20. The van der Waals surface area contributed by atoms with Crippen molar-refractivity contribution in [3.05, 3.63) is 60.4 Å². The number of aldehydes is 1. The topological polar surface area (TPSA) is 50.4 Å². The van der Waals surface area contributed by atoms with Gasteiger partial charge in [-0.3, -0.25) is 4.79 Å². The largest absolute Gasteiger partial charge is 0.491 e. The van der Waals surface area contributed by atoms with Gasteiger partial charge in [-0.1, -0.05) is 6.07 Å². The van der Waals surface area contributed by atoms with Crippen LogP contribution in [-0.4, -0.2) is 24.1 Å². The summed E-state index contributed by atoms with van der Waals surface area (Å²) in [6, 6.07) is 12.5. The molecule has 4 nitrogen and oxygen atoms in total. The van der Waals surface area contributed by atoms with Gasteiger partial charge in [-0.2, -0.15) is 0 Å². The lowest BCUT2D eigenvalue weighted by atomic mass is 10.2. The molecule has 1 aromatic heterocycles. The standard InChI is InChI=1S/C15H16NO3/c17-11-13-4-6-15(7-5-13)19-12-14(18)10-16-8-2-1-3-9-16/h1-9,11,14,18H,10,12H2/q+1/t14-/m0/s1. The number of carbonyl (C=O) groups excluding carboxylic acids is 1. The highest BCUT2D eigenvalue weighted by Gasteiger charge is 2.11. The van der Waals surface area contributed by atoms with Crippen molar-refractivity contribution in [1.82, 2.24) is 0 Å². The van der Waals surface area contributed by atoms with Crippen LogP contribution in [0.3, 0.4) is 0 Å². The number of carbonyl (C=O) groups is 1. The number of rotatable bonds is 6. The van der Waals surface area contributed by atoms with E-state index < -0.39 is 6.10 Å². The lowest BCUT2D eigenvalue weighted by Crippen LogP contribution is -2.41. The van der Waals surface area contributed by atoms with Crippen molar-refractivity contribution >= 4 is 6.29 Å². The molecule has 19 heavy (non-hydrogen) atoms. The van der Waals surface area contributed by atoms with E-state index in [1.807, 2.05) is 35.2 Å². The van der Waals surface area contributed by atoms with Gasteiger partial charge in [-0.05, 0) is 24.3 Å². The van der Waals surface area contributed by atoms with Crippen molar-refractivity contribution in [2.24, 2.45) is 0 Å². The monoisotopic (exact) mass is 258 g/mol. The molecule has 0 aliphatic heterocycles. The van der Waals surface area contributed by atoms with Gasteiger partial charge in [0.25, 0.3) is 0 Å². The normalized spacial score (nSPS) is 11.8. The molecule has 0 bridgehead atoms. The first-order chi connectivity index (χ1) is 9.28. The Morgan fingerprint density at radius 2 is 1.84 bits per heavy atom. The zero-order valence-electron chi connectivity index (χ0n) is 10.5. The quantitative estimate of drug-likeness (QED) is 0.626. The summed E-state index contributed by atoms with van der Waals surface area (Å²) in [5.74, 6) is 0.641. The molecule has 2 aromatic rings. The predicted octanol–water partition coefficient (Wildman–Crippen LogP) is 1.23. The summed E-state index contributed by atoms with van der Waals surface area (Å²) in [7, 11) is 0. The number of ether oxygens (including phenoxy) is 1. The van der Waals surface area contributed by atoms with Gasteiger partial charge in [0, 0.05) is 17.7 Å². The number of aliphatic hydroxyl groups is 1. The van der Waals surface area contributed by atoms with E-state index in [1.165, 1.54) is 0 Å². The lowest BCUT2D eigenvalue weighted by Gasteiger charge is -2.09. The molecule has 0 amide bonds. The second kappa shape index (κ2) is 6.66. The van der Waals surface area contributed by atoms with Gasteiger partial charge >= 0.3 is 0 Å². The number of hydrogen-bond acceptors (Lipinski definition) is 3. The van der Waals surface area contributed by atoms with Crippen LogP contribution in [0.4, 0.5) is 0 Å². The third-order valence-electron chi connectivity index (χ3n) is 2.66. The number of nitrogens with zero attached hydrogens (tertiary/aromatic N) is 1. The highest BCUT2D eigenvalue weighted by molar-refractivity contribution is 5.74. The van der Waals surface area contributed by atoms with E-state index in [0.29, 0.717) is 17.9 Å².